The van der Waals surface area contributed by atoms with Crippen molar-refractivity contribution in [3.8, 4) is 0 Å². The van der Waals surface area contributed by atoms with Gasteiger partial charge in [-0.2, -0.15) is 0 Å². The Kier molecular flexibility index (Phi) is 4.49. The van der Waals surface area contributed by atoms with E-state index in [2.05, 4.69) is 5.32 Å². The van der Waals surface area contributed by atoms with E-state index in [0.29, 0.717) is 12.0 Å². The predicted molar refractivity (Wildman–Crippen MR) is 90.9 cm³/mol. The van der Waals surface area contributed by atoms with Crippen LogP contribution in [0.3, 0.4) is 0 Å². The van der Waals surface area contributed by atoms with Crippen LogP contribution in [0.1, 0.15) is 19.8 Å². The maximum atomic E-state index is 12.9. The molecular formula is C18H24N2O7. The van der Waals surface area contributed by atoms with Crippen LogP contribution in [-0.2, 0) is 14.3 Å². The van der Waals surface area contributed by atoms with Gasteiger partial charge in [-0.15, -0.1) is 0 Å². The van der Waals surface area contributed by atoms with E-state index in [-0.39, 0.29) is 35.2 Å². The first-order chi connectivity index (χ1) is 12.8. The highest BCUT2D eigenvalue weighted by atomic mass is 16.5. The van der Waals surface area contributed by atoms with Crippen molar-refractivity contribution in [2.45, 2.75) is 56.5 Å². The Bertz CT molecular complexity index is 759. The minimum Gasteiger partial charge on any atom is -0.492 e. The van der Waals surface area contributed by atoms with Crippen LogP contribution in [-0.4, -0.2) is 87.3 Å². The number of hydrogen-bond acceptors (Lipinski definition) is 9. The van der Waals surface area contributed by atoms with Gasteiger partial charge in [0.05, 0.1) is 19.8 Å². The Morgan fingerprint density at radius 1 is 1.30 bits per heavy atom. The summed E-state index contributed by atoms with van der Waals surface area (Å²) in [5.74, 6) is -1.30. The molecule has 2 bridgehead atoms. The number of aliphatic hydroxyl groups is 4. The molecule has 1 aliphatic carbocycles. The summed E-state index contributed by atoms with van der Waals surface area (Å²) in [5.41, 5.74) is 0.700. The maximum Gasteiger partial charge on any atom is 0.226 e. The number of carbonyl (C=O) groups is 2. The molecule has 0 radical (unpaired) electrons. The van der Waals surface area contributed by atoms with Crippen molar-refractivity contribution in [3.63, 3.8) is 0 Å². The highest BCUT2D eigenvalue weighted by Gasteiger charge is 2.58. The number of nitrogens with zero attached hydrogens (tertiary/aromatic N) is 1. The standard InChI is InChI=1S/C18H24N2O7/c1-6-14(22)7-4-10-13-8(18(25)26)3-9(19-13)17(24)20(10)11(5-21)12(7)15(23)16(6)27-2/h8-11,13,17-19,21,24-26H,3-5H2,1-2H3/t8-,9+,10+,11+,13-,17+/m1/s1. The molecule has 9 nitrogen and oxygen atoms in total. The van der Waals surface area contributed by atoms with Gasteiger partial charge in [0.25, 0.3) is 0 Å². The van der Waals surface area contributed by atoms with Gasteiger partial charge in [0.15, 0.2) is 17.8 Å². The molecule has 3 aliphatic heterocycles. The fraction of sp³-hybridized carbons (Fsp3) is 0.667. The van der Waals surface area contributed by atoms with Gasteiger partial charge in [0, 0.05) is 40.8 Å². The predicted octanol–water partition coefficient (Wildman–Crippen LogP) is -2.22. The molecule has 0 saturated carbocycles. The second-order valence-corrected chi connectivity index (χ2v) is 7.65. The van der Waals surface area contributed by atoms with E-state index in [1.807, 2.05) is 0 Å². The van der Waals surface area contributed by atoms with Gasteiger partial charge >= 0.3 is 0 Å². The molecule has 2 saturated heterocycles. The topological polar surface area (TPSA) is 140 Å². The molecule has 2 fully saturated rings. The molecule has 0 unspecified atom stereocenters. The molecule has 4 rings (SSSR count). The zero-order chi connectivity index (χ0) is 19.6. The molecule has 6 atom stereocenters. The third kappa shape index (κ3) is 2.47. The lowest BCUT2D eigenvalue weighted by Gasteiger charge is -2.52. The van der Waals surface area contributed by atoms with Gasteiger partial charge in [-0.3, -0.25) is 14.5 Å². The number of carbonyl (C=O) groups excluding carboxylic acids is 2. The number of hydrogen-bond donors (Lipinski definition) is 5. The summed E-state index contributed by atoms with van der Waals surface area (Å²) in [4.78, 5) is 27.5. The number of ether oxygens (including phenoxy) is 1. The molecule has 148 valence electrons. The van der Waals surface area contributed by atoms with Gasteiger partial charge in [0.2, 0.25) is 5.78 Å². The monoisotopic (exact) mass is 380 g/mol. The number of piperazine rings is 1. The molecule has 0 spiro atoms. The average molecular weight is 380 g/mol. The number of ketones is 2. The number of methoxy groups -OCH3 is 1. The molecule has 0 amide bonds. The number of aliphatic hydroxyl groups excluding tert-OH is 3. The third-order valence-corrected chi connectivity index (χ3v) is 6.45. The van der Waals surface area contributed by atoms with Crippen LogP contribution >= 0.6 is 0 Å². The average Bonchev–Trinajstić information content (AvgIpc) is 3.05. The largest absolute Gasteiger partial charge is 0.492 e. The van der Waals surface area contributed by atoms with Crippen molar-refractivity contribution < 1.29 is 34.8 Å². The highest BCUT2D eigenvalue weighted by molar-refractivity contribution is 6.24. The van der Waals surface area contributed by atoms with Crippen molar-refractivity contribution >= 4 is 11.6 Å². The lowest BCUT2D eigenvalue weighted by Crippen LogP contribution is -2.69. The SMILES string of the molecule is COC1=C(C)C(=O)C2=C(C1=O)[C@H](CO)N1[C@@H](O)[C@@H]3C[C@@H](C(O)O)[C@@H](N3)[C@@H]1C2. The van der Waals surface area contributed by atoms with E-state index in [9.17, 15) is 30.0 Å². The van der Waals surface area contributed by atoms with Gasteiger partial charge < -0.3 is 30.5 Å². The molecule has 0 aromatic rings. The molecule has 3 heterocycles. The normalized spacial score (nSPS) is 39.2. The fourth-order valence-electron chi connectivity index (χ4n) is 5.25. The lowest BCUT2D eigenvalue weighted by atomic mass is 9.75. The summed E-state index contributed by atoms with van der Waals surface area (Å²) in [7, 11) is 1.32. The van der Waals surface area contributed by atoms with E-state index in [0.717, 1.165) is 0 Å². The van der Waals surface area contributed by atoms with Crippen LogP contribution in [0.15, 0.2) is 22.5 Å². The second kappa shape index (κ2) is 6.47. The maximum absolute atomic E-state index is 12.9. The van der Waals surface area contributed by atoms with Crippen LogP contribution in [0.2, 0.25) is 0 Å². The summed E-state index contributed by atoms with van der Waals surface area (Å²) in [5, 5.41) is 43.6. The van der Waals surface area contributed by atoms with Crippen molar-refractivity contribution in [2.24, 2.45) is 5.92 Å². The molecule has 0 aromatic heterocycles. The van der Waals surface area contributed by atoms with Crippen molar-refractivity contribution in [2.75, 3.05) is 13.7 Å². The van der Waals surface area contributed by atoms with E-state index in [1.54, 1.807) is 4.90 Å². The summed E-state index contributed by atoms with van der Waals surface area (Å²) >= 11 is 0. The van der Waals surface area contributed by atoms with Crippen LogP contribution in [0.4, 0.5) is 0 Å². The smallest absolute Gasteiger partial charge is 0.226 e. The van der Waals surface area contributed by atoms with Gasteiger partial charge in [-0.05, 0) is 19.8 Å². The summed E-state index contributed by atoms with van der Waals surface area (Å²) in [6.07, 6.45) is -2.06. The third-order valence-electron chi connectivity index (χ3n) is 6.45. The molecule has 27 heavy (non-hydrogen) atoms. The van der Waals surface area contributed by atoms with Crippen molar-refractivity contribution in [3.05, 3.63) is 22.5 Å². The van der Waals surface area contributed by atoms with Gasteiger partial charge in [-0.25, -0.2) is 0 Å². The zero-order valence-electron chi connectivity index (χ0n) is 15.1. The first-order valence-electron chi connectivity index (χ1n) is 9.07. The Morgan fingerprint density at radius 2 is 2.00 bits per heavy atom. The van der Waals surface area contributed by atoms with Crippen LogP contribution < -0.4 is 5.32 Å². The van der Waals surface area contributed by atoms with Gasteiger partial charge in [-0.1, -0.05) is 0 Å². The Hall–Kier alpha value is -1.62. The minimum absolute atomic E-state index is 0.0353. The van der Waals surface area contributed by atoms with Crippen LogP contribution in [0.25, 0.3) is 0 Å². The summed E-state index contributed by atoms with van der Waals surface area (Å²) in [6, 6.07) is -2.10. The molecule has 9 heteroatoms. The van der Waals surface area contributed by atoms with E-state index in [4.69, 9.17) is 4.74 Å². The Labute approximate surface area is 155 Å². The molecule has 0 aromatic carbocycles. The summed E-state index contributed by atoms with van der Waals surface area (Å²) in [6.45, 7) is 1.08. The number of nitrogens with one attached hydrogen (secondary N) is 1. The van der Waals surface area contributed by atoms with Crippen molar-refractivity contribution in [1.29, 1.82) is 0 Å². The second-order valence-electron chi connectivity index (χ2n) is 7.65. The van der Waals surface area contributed by atoms with Crippen molar-refractivity contribution in [1.82, 2.24) is 10.2 Å². The first kappa shape index (κ1) is 18.7. The number of rotatable bonds is 3. The zero-order valence-corrected chi connectivity index (χ0v) is 15.1. The quantitative estimate of drug-likeness (QED) is 0.272. The first-order valence-corrected chi connectivity index (χ1v) is 9.07. The van der Waals surface area contributed by atoms with E-state index in [1.165, 1.54) is 14.0 Å². The lowest BCUT2D eigenvalue weighted by molar-refractivity contribution is -0.131. The molecule has 5 N–H and O–H groups in total. The van der Waals surface area contributed by atoms with Crippen LogP contribution in [0.5, 0.6) is 0 Å². The minimum atomic E-state index is -1.56. The number of Topliss-reactive ketones (excluding diaryl/α,β-unsaturated/α-hetero) is 2. The Morgan fingerprint density at radius 3 is 2.59 bits per heavy atom. The summed E-state index contributed by atoms with van der Waals surface area (Å²) < 4.78 is 5.13. The number of allylic oxidation sites excluding steroid dienone is 2. The number of fused-ring (bicyclic) bond motifs is 4. The highest BCUT2D eigenvalue weighted by Crippen LogP contribution is 2.45. The van der Waals surface area contributed by atoms with Gasteiger partial charge in [0.1, 0.15) is 6.23 Å². The van der Waals surface area contributed by atoms with E-state index < -0.39 is 49.0 Å². The Balaban J connectivity index is 1.81. The van der Waals surface area contributed by atoms with E-state index >= 15 is 0 Å². The molecular weight excluding hydrogens is 356 g/mol. The van der Waals surface area contributed by atoms with Crippen LogP contribution in [0, 0.1) is 5.92 Å². The molecule has 4 aliphatic rings. The fourth-order valence-corrected chi connectivity index (χ4v) is 5.25.